The number of nitrogens with two attached hydrogens (primary N) is 1. The van der Waals surface area contributed by atoms with Crippen molar-refractivity contribution >= 4 is 23.1 Å². The number of carbonyl (C=O) groups excluding carboxylic acids is 1. The fourth-order valence-electron chi connectivity index (χ4n) is 2.14. The molecule has 1 amide bonds. The maximum Gasteiger partial charge on any atom is 0.293 e. The number of aromatic nitrogens is 1. The van der Waals surface area contributed by atoms with E-state index in [0.717, 1.165) is 0 Å². The number of hydrogen-bond acceptors (Lipinski definition) is 5. The van der Waals surface area contributed by atoms with Gasteiger partial charge < -0.3 is 24.7 Å². The quantitative estimate of drug-likeness (QED) is 0.727. The molecule has 1 aliphatic heterocycles. The van der Waals surface area contributed by atoms with Gasteiger partial charge in [0.25, 0.3) is 5.56 Å². The zero-order valence-electron chi connectivity index (χ0n) is 12.2. The van der Waals surface area contributed by atoms with Crippen LogP contribution in [0, 0.1) is 0 Å². The first kappa shape index (κ1) is 16.4. The predicted octanol–water partition coefficient (Wildman–Crippen LogP) is -0.238. The third kappa shape index (κ3) is 4.54. The second-order valence-electron chi connectivity index (χ2n) is 4.86. The minimum absolute atomic E-state index is 0.00249. The summed E-state index contributed by atoms with van der Waals surface area (Å²) in [7, 11) is 0. The van der Waals surface area contributed by atoms with Crippen molar-refractivity contribution in [3.63, 3.8) is 0 Å². The van der Waals surface area contributed by atoms with Crippen molar-refractivity contribution in [3.8, 4) is 5.75 Å². The molecule has 120 valence electrons. The van der Waals surface area contributed by atoms with E-state index in [1.165, 1.54) is 4.57 Å². The van der Waals surface area contributed by atoms with Gasteiger partial charge in [-0.15, -0.1) is 0 Å². The second kappa shape index (κ2) is 7.90. The summed E-state index contributed by atoms with van der Waals surface area (Å²) in [5, 5.41) is 0. The Kier molecular flexibility index (Phi) is 5.91. The van der Waals surface area contributed by atoms with Crippen LogP contribution in [0.5, 0.6) is 5.75 Å². The van der Waals surface area contributed by atoms with Crippen LogP contribution in [0.4, 0.5) is 0 Å². The highest BCUT2D eigenvalue weighted by molar-refractivity contribution is 7.80. The minimum Gasteiger partial charge on any atom is -0.487 e. The normalized spacial score (nSPS) is 14.6. The van der Waals surface area contributed by atoms with E-state index >= 15 is 0 Å². The van der Waals surface area contributed by atoms with E-state index in [4.69, 9.17) is 27.4 Å². The van der Waals surface area contributed by atoms with E-state index in [-0.39, 0.29) is 41.8 Å². The minimum atomic E-state index is -0.311. The highest BCUT2D eigenvalue weighted by Gasteiger charge is 2.16. The molecule has 0 saturated carbocycles. The Labute approximate surface area is 133 Å². The monoisotopic (exact) mass is 325 g/mol. The molecule has 1 aliphatic rings. The average molecular weight is 325 g/mol. The zero-order chi connectivity index (χ0) is 15.9. The van der Waals surface area contributed by atoms with E-state index < -0.39 is 0 Å². The smallest absolute Gasteiger partial charge is 0.293 e. The Morgan fingerprint density at radius 1 is 1.41 bits per heavy atom. The molecule has 2 heterocycles. The van der Waals surface area contributed by atoms with Crippen molar-refractivity contribution in [1.82, 2.24) is 9.47 Å². The van der Waals surface area contributed by atoms with Gasteiger partial charge in [-0.3, -0.25) is 9.59 Å². The van der Waals surface area contributed by atoms with Crippen LogP contribution in [0.2, 0.25) is 0 Å². The first-order valence-corrected chi connectivity index (χ1v) is 7.45. The molecule has 8 heteroatoms. The number of nitrogens with zero attached hydrogens (tertiary/aromatic N) is 2. The molecule has 2 N–H and O–H groups in total. The number of carbonyl (C=O) groups is 1. The van der Waals surface area contributed by atoms with Crippen LogP contribution in [0.15, 0.2) is 23.1 Å². The van der Waals surface area contributed by atoms with Gasteiger partial charge in [-0.05, 0) is 12.1 Å². The van der Waals surface area contributed by atoms with Crippen molar-refractivity contribution in [3.05, 3.63) is 28.7 Å². The Balaban J connectivity index is 1.87. The third-order valence-electron chi connectivity index (χ3n) is 3.25. The summed E-state index contributed by atoms with van der Waals surface area (Å²) in [5.41, 5.74) is 5.13. The van der Waals surface area contributed by atoms with Crippen LogP contribution < -0.4 is 16.0 Å². The lowest BCUT2D eigenvalue weighted by atomic mass is 10.3. The lowest BCUT2D eigenvalue weighted by molar-refractivity contribution is -0.135. The number of rotatable bonds is 6. The summed E-state index contributed by atoms with van der Waals surface area (Å²) in [6, 6.07) is 3.25. The van der Waals surface area contributed by atoms with E-state index in [1.807, 2.05) is 0 Å². The van der Waals surface area contributed by atoms with Gasteiger partial charge in [0.05, 0.1) is 37.8 Å². The van der Waals surface area contributed by atoms with Crippen molar-refractivity contribution < 1.29 is 14.3 Å². The number of amides is 1. The Morgan fingerprint density at radius 2 is 2.14 bits per heavy atom. The third-order valence-corrected chi connectivity index (χ3v) is 3.38. The SMILES string of the molecule is NC(=S)Cn1cccc(OCCC(=O)N2CCOCC2)c1=O. The molecule has 0 unspecified atom stereocenters. The Morgan fingerprint density at radius 3 is 2.82 bits per heavy atom. The van der Waals surface area contributed by atoms with Gasteiger partial charge in [0.1, 0.15) is 0 Å². The van der Waals surface area contributed by atoms with Gasteiger partial charge in [0.2, 0.25) is 5.91 Å². The molecule has 2 rings (SSSR count). The number of ether oxygens (including phenoxy) is 2. The van der Waals surface area contributed by atoms with Gasteiger partial charge in [-0.2, -0.15) is 0 Å². The highest BCUT2D eigenvalue weighted by atomic mass is 32.1. The molecule has 22 heavy (non-hydrogen) atoms. The summed E-state index contributed by atoms with van der Waals surface area (Å²) >= 11 is 4.79. The lowest BCUT2D eigenvalue weighted by Gasteiger charge is -2.26. The highest BCUT2D eigenvalue weighted by Crippen LogP contribution is 2.05. The molecule has 0 spiro atoms. The molecule has 0 atom stereocenters. The largest absolute Gasteiger partial charge is 0.487 e. The van der Waals surface area contributed by atoms with Crippen molar-refractivity contribution in [1.29, 1.82) is 0 Å². The zero-order valence-corrected chi connectivity index (χ0v) is 13.0. The number of morpholine rings is 1. The van der Waals surface area contributed by atoms with Gasteiger partial charge in [0.15, 0.2) is 5.75 Å². The Bertz CT molecular complexity index is 596. The van der Waals surface area contributed by atoms with Gasteiger partial charge in [0, 0.05) is 19.3 Å². The summed E-state index contributed by atoms with van der Waals surface area (Å²) in [6.45, 7) is 2.65. The van der Waals surface area contributed by atoms with E-state index in [9.17, 15) is 9.59 Å². The van der Waals surface area contributed by atoms with Gasteiger partial charge in [-0.25, -0.2) is 0 Å². The van der Waals surface area contributed by atoms with Crippen LogP contribution >= 0.6 is 12.2 Å². The van der Waals surface area contributed by atoms with E-state index in [1.54, 1.807) is 23.2 Å². The molecule has 0 aromatic carbocycles. The second-order valence-corrected chi connectivity index (χ2v) is 5.39. The summed E-state index contributed by atoms with van der Waals surface area (Å²) in [4.78, 5) is 26.0. The molecule has 1 saturated heterocycles. The first-order chi connectivity index (χ1) is 10.6. The maximum atomic E-state index is 12.1. The van der Waals surface area contributed by atoms with Gasteiger partial charge in [-0.1, -0.05) is 12.2 Å². The average Bonchev–Trinajstić information content (AvgIpc) is 2.51. The fraction of sp³-hybridized carbons (Fsp3) is 0.500. The topological polar surface area (TPSA) is 86.8 Å². The lowest BCUT2D eigenvalue weighted by Crippen LogP contribution is -2.41. The first-order valence-electron chi connectivity index (χ1n) is 7.04. The fourth-order valence-corrected chi connectivity index (χ4v) is 2.28. The molecule has 7 nitrogen and oxygen atoms in total. The van der Waals surface area contributed by atoms with Gasteiger partial charge >= 0.3 is 0 Å². The van der Waals surface area contributed by atoms with Crippen molar-refractivity contribution in [2.24, 2.45) is 5.73 Å². The molecule has 1 aromatic rings. The summed E-state index contributed by atoms with van der Waals surface area (Å²) in [5.74, 6) is 0.191. The molecule has 0 radical (unpaired) electrons. The van der Waals surface area contributed by atoms with Crippen molar-refractivity contribution in [2.75, 3.05) is 32.9 Å². The van der Waals surface area contributed by atoms with Crippen LogP contribution in [-0.2, 0) is 16.1 Å². The molecular weight excluding hydrogens is 306 g/mol. The van der Waals surface area contributed by atoms with Crippen molar-refractivity contribution in [2.45, 2.75) is 13.0 Å². The van der Waals surface area contributed by atoms with Crippen LogP contribution in [0.25, 0.3) is 0 Å². The standard InChI is InChI=1S/C14H19N3O4S/c15-12(22)10-17-4-1-2-11(14(17)19)21-7-3-13(18)16-5-8-20-9-6-16/h1-2,4H,3,5-10H2,(H2,15,22). The molecule has 1 aromatic heterocycles. The Hall–Kier alpha value is -1.93. The van der Waals surface area contributed by atoms with Crippen LogP contribution in [0.3, 0.4) is 0 Å². The number of hydrogen-bond donors (Lipinski definition) is 1. The molecule has 0 aliphatic carbocycles. The predicted molar refractivity (Wildman–Crippen MR) is 85.0 cm³/mol. The maximum absolute atomic E-state index is 12.1. The number of thiocarbonyl (C=S) groups is 1. The van der Waals surface area contributed by atoms with E-state index in [0.29, 0.717) is 26.3 Å². The summed E-state index contributed by atoms with van der Waals surface area (Å²) in [6.07, 6.45) is 1.82. The molecule has 1 fully saturated rings. The molecule has 0 bridgehead atoms. The molecular formula is C14H19N3O4S. The van der Waals surface area contributed by atoms with Crippen LogP contribution in [0.1, 0.15) is 6.42 Å². The van der Waals surface area contributed by atoms with E-state index in [2.05, 4.69) is 0 Å². The summed E-state index contributed by atoms with van der Waals surface area (Å²) < 4.78 is 12.0. The number of pyridine rings is 1. The van der Waals surface area contributed by atoms with Crippen LogP contribution in [-0.4, -0.2) is 53.3 Å².